The second-order valence-corrected chi connectivity index (χ2v) is 4.80. The van der Waals surface area contributed by atoms with Crippen LogP contribution in [0.1, 0.15) is 25.0 Å². The molecule has 0 amide bonds. The average Bonchev–Trinajstić information content (AvgIpc) is 2.37. The fourth-order valence-corrected chi connectivity index (χ4v) is 1.97. The van der Waals surface area contributed by atoms with Crippen LogP contribution in [0.3, 0.4) is 0 Å². The SMILES string of the molecule is C=C1C=C(C)C(Cl)=NN1Cc1ccc(CC)cc1. The molecule has 0 bridgehead atoms. The molecular weight excluding hydrogens is 244 g/mol. The highest BCUT2D eigenvalue weighted by Crippen LogP contribution is 2.20. The Morgan fingerprint density at radius 1 is 1.22 bits per heavy atom. The summed E-state index contributed by atoms with van der Waals surface area (Å²) in [4.78, 5) is 0. The van der Waals surface area contributed by atoms with Gasteiger partial charge in [-0.3, -0.25) is 5.01 Å². The molecule has 2 rings (SSSR count). The van der Waals surface area contributed by atoms with Crippen LogP contribution in [0.4, 0.5) is 0 Å². The molecule has 0 atom stereocenters. The Morgan fingerprint density at radius 3 is 2.44 bits per heavy atom. The van der Waals surface area contributed by atoms with E-state index in [0.29, 0.717) is 11.7 Å². The molecule has 0 spiro atoms. The molecule has 0 fully saturated rings. The summed E-state index contributed by atoms with van der Waals surface area (Å²) in [5, 5.41) is 6.69. The van der Waals surface area contributed by atoms with Crippen LogP contribution in [0.25, 0.3) is 0 Å². The van der Waals surface area contributed by atoms with Gasteiger partial charge in [-0.25, -0.2) is 0 Å². The van der Waals surface area contributed by atoms with Crippen LogP contribution in [0, 0.1) is 0 Å². The van der Waals surface area contributed by atoms with E-state index in [-0.39, 0.29) is 0 Å². The molecule has 1 aromatic carbocycles. The number of hydrogen-bond acceptors (Lipinski definition) is 2. The van der Waals surface area contributed by atoms with Crippen LogP contribution in [0.5, 0.6) is 0 Å². The molecule has 2 nitrogen and oxygen atoms in total. The van der Waals surface area contributed by atoms with Crippen LogP contribution >= 0.6 is 11.6 Å². The monoisotopic (exact) mass is 260 g/mol. The maximum atomic E-state index is 6.04. The first-order valence-electron chi connectivity index (χ1n) is 6.07. The van der Waals surface area contributed by atoms with E-state index in [9.17, 15) is 0 Å². The first-order chi connectivity index (χ1) is 8.60. The molecule has 94 valence electrons. The Hall–Kier alpha value is -1.54. The molecular formula is C15H17ClN2. The lowest BCUT2D eigenvalue weighted by Crippen LogP contribution is -2.20. The standard InChI is InChI=1S/C15H17ClN2/c1-4-13-5-7-14(8-6-13)10-18-12(3)9-11(2)15(16)17-18/h5-9H,3-4,10H2,1-2H3. The van der Waals surface area contributed by atoms with Gasteiger partial charge in [0, 0.05) is 0 Å². The molecule has 1 heterocycles. The van der Waals surface area contributed by atoms with E-state index >= 15 is 0 Å². The van der Waals surface area contributed by atoms with Crippen molar-refractivity contribution in [2.24, 2.45) is 5.10 Å². The van der Waals surface area contributed by atoms with E-state index in [0.717, 1.165) is 17.7 Å². The molecule has 0 saturated carbocycles. The van der Waals surface area contributed by atoms with E-state index in [1.807, 2.05) is 18.0 Å². The predicted molar refractivity (Wildman–Crippen MR) is 77.5 cm³/mol. The largest absolute Gasteiger partial charge is 0.260 e. The predicted octanol–water partition coefficient (Wildman–Crippen LogP) is 4.08. The number of halogens is 1. The second-order valence-electron chi connectivity index (χ2n) is 4.44. The van der Waals surface area contributed by atoms with Crippen molar-refractivity contribution < 1.29 is 0 Å². The molecule has 0 radical (unpaired) electrons. The quantitative estimate of drug-likeness (QED) is 0.800. The lowest BCUT2D eigenvalue weighted by atomic mass is 10.1. The van der Waals surface area contributed by atoms with Gasteiger partial charge in [-0.05, 0) is 36.1 Å². The fraction of sp³-hybridized carbons (Fsp3) is 0.267. The first-order valence-corrected chi connectivity index (χ1v) is 6.45. The molecule has 1 aromatic rings. The zero-order valence-electron chi connectivity index (χ0n) is 10.8. The number of hydrogen-bond donors (Lipinski definition) is 0. The van der Waals surface area contributed by atoms with Crippen molar-refractivity contribution >= 4 is 16.8 Å². The third-order valence-corrected chi connectivity index (χ3v) is 3.39. The molecule has 1 aliphatic heterocycles. The Labute approximate surface area is 113 Å². The first kappa shape index (κ1) is 12.9. The summed E-state index contributed by atoms with van der Waals surface area (Å²) in [5.41, 5.74) is 4.37. The van der Waals surface area contributed by atoms with Crippen LogP contribution < -0.4 is 0 Å². The van der Waals surface area contributed by atoms with Gasteiger partial charge in [-0.1, -0.05) is 49.4 Å². The van der Waals surface area contributed by atoms with Crippen molar-refractivity contribution in [2.45, 2.75) is 26.8 Å². The summed E-state index contributed by atoms with van der Waals surface area (Å²) in [6.07, 6.45) is 3.01. The number of rotatable bonds is 3. The smallest absolute Gasteiger partial charge is 0.152 e. The topological polar surface area (TPSA) is 15.6 Å². The van der Waals surface area contributed by atoms with Crippen LogP contribution in [-0.2, 0) is 13.0 Å². The highest BCUT2D eigenvalue weighted by molar-refractivity contribution is 6.69. The van der Waals surface area contributed by atoms with Crippen LogP contribution in [0.15, 0.2) is 53.3 Å². The minimum absolute atomic E-state index is 0.535. The van der Waals surface area contributed by atoms with Crippen LogP contribution in [0.2, 0.25) is 0 Å². The van der Waals surface area contributed by atoms with Crippen molar-refractivity contribution in [3.8, 4) is 0 Å². The number of nitrogens with zero attached hydrogens (tertiary/aromatic N) is 2. The summed E-state index contributed by atoms with van der Waals surface area (Å²) in [5.74, 6) is 0. The Balaban J connectivity index is 2.12. The molecule has 3 heteroatoms. The highest BCUT2D eigenvalue weighted by Gasteiger charge is 2.13. The van der Waals surface area contributed by atoms with Gasteiger partial charge in [-0.2, -0.15) is 5.10 Å². The molecule has 0 N–H and O–H groups in total. The van der Waals surface area contributed by atoms with E-state index < -0.39 is 0 Å². The maximum Gasteiger partial charge on any atom is 0.152 e. The average molecular weight is 261 g/mol. The normalized spacial score (nSPS) is 15.5. The van der Waals surface area contributed by atoms with Crippen LogP contribution in [-0.4, -0.2) is 10.2 Å². The number of aryl methyl sites for hydroxylation is 1. The third kappa shape index (κ3) is 2.82. The molecule has 0 unspecified atom stereocenters. The van der Waals surface area contributed by atoms with E-state index in [2.05, 4.69) is 42.9 Å². The molecule has 0 aliphatic carbocycles. The van der Waals surface area contributed by atoms with E-state index in [4.69, 9.17) is 11.6 Å². The summed E-state index contributed by atoms with van der Waals surface area (Å²) >= 11 is 6.04. The van der Waals surface area contributed by atoms with Crippen molar-refractivity contribution in [3.63, 3.8) is 0 Å². The van der Waals surface area contributed by atoms with Gasteiger partial charge in [0.25, 0.3) is 0 Å². The van der Waals surface area contributed by atoms with Crippen molar-refractivity contribution in [2.75, 3.05) is 0 Å². The van der Waals surface area contributed by atoms with Gasteiger partial charge in [-0.15, -0.1) is 0 Å². The molecule has 0 saturated heterocycles. The van der Waals surface area contributed by atoms with Gasteiger partial charge < -0.3 is 0 Å². The highest BCUT2D eigenvalue weighted by atomic mass is 35.5. The van der Waals surface area contributed by atoms with E-state index in [1.54, 1.807) is 0 Å². The minimum atomic E-state index is 0.535. The van der Waals surface area contributed by atoms with Crippen molar-refractivity contribution in [1.29, 1.82) is 0 Å². The number of allylic oxidation sites excluding steroid dienone is 2. The maximum absolute atomic E-state index is 6.04. The Morgan fingerprint density at radius 2 is 1.83 bits per heavy atom. The Bertz CT molecular complexity index is 512. The fourth-order valence-electron chi connectivity index (χ4n) is 1.82. The zero-order chi connectivity index (χ0) is 13.1. The zero-order valence-corrected chi connectivity index (χ0v) is 11.5. The third-order valence-electron chi connectivity index (χ3n) is 3.01. The second kappa shape index (κ2) is 5.40. The van der Waals surface area contributed by atoms with Gasteiger partial charge in [0.15, 0.2) is 5.17 Å². The summed E-state index contributed by atoms with van der Waals surface area (Å²) in [7, 11) is 0. The molecule has 1 aliphatic rings. The number of benzene rings is 1. The van der Waals surface area contributed by atoms with Gasteiger partial charge in [0.05, 0.1) is 12.2 Å². The van der Waals surface area contributed by atoms with Gasteiger partial charge >= 0.3 is 0 Å². The molecule has 18 heavy (non-hydrogen) atoms. The summed E-state index contributed by atoms with van der Waals surface area (Å²) in [6.45, 7) is 8.78. The lowest BCUT2D eigenvalue weighted by molar-refractivity contribution is 0.367. The minimum Gasteiger partial charge on any atom is -0.260 e. The van der Waals surface area contributed by atoms with Gasteiger partial charge in [0.2, 0.25) is 0 Å². The van der Waals surface area contributed by atoms with Crippen molar-refractivity contribution in [3.05, 3.63) is 59.3 Å². The summed E-state index contributed by atoms with van der Waals surface area (Å²) in [6, 6.07) is 8.55. The lowest BCUT2D eigenvalue weighted by Gasteiger charge is -2.24. The van der Waals surface area contributed by atoms with Gasteiger partial charge in [0.1, 0.15) is 0 Å². The van der Waals surface area contributed by atoms with E-state index in [1.165, 1.54) is 11.1 Å². The van der Waals surface area contributed by atoms with Crippen molar-refractivity contribution in [1.82, 2.24) is 5.01 Å². The number of hydrazone groups is 1. The summed E-state index contributed by atoms with van der Waals surface area (Å²) < 4.78 is 0. The Kier molecular flexibility index (Phi) is 3.87. The molecule has 0 aromatic heterocycles.